The minimum Gasteiger partial charge on any atom is -0.511 e. The highest BCUT2D eigenvalue weighted by atomic mass is 32.2. The molecule has 0 amide bonds. The van der Waals surface area contributed by atoms with Crippen molar-refractivity contribution in [3.05, 3.63) is 63.8 Å². The maximum Gasteiger partial charge on any atom is 0.348 e. The first kappa shape index (κ1) is 27.9. The summed E-state index contributed by atoms with van der Waals surface area (Å²) in [6, 6.07) is 11.0. The molecule has 0 saturated carbocycles. The van der Waals surface area contributed by atoms with Crippen LogP contribution in [0.25, 0.3) is 0 Å². The first-order chi connectivity index (χ1) is 16.6. The van der Waals surface area contributed by atoms with Crippen molar-refractivity contribution in [3.8, 4) is 5.75 Å². The molecule has 0 spiro atoms. The summed E-state index contributed by atoms with van der Waals surface area (Å²) in [5.74, 6) is -0.472. The molecule has 0 radical (unpaired) electrons. The lowest BCUT2D eigenvalue weighted by Crippen LogP contribution is -2.37. The average molecular weight is 534 g/mol. The summed E-state index contributed by atoms with van der Waals surface area (Å²) in [5.41, 5.74) is 7.70. The van der Waals surface area contributed by atoms with E-state index in [0.717, 1.165) is 27.8 Å². The minimum absolute atomic E-state index is 0.0116. The lowest BCUT2D eigenvalue weighted by molar-refractivity contribution is -0.156. The number of benzene rings is 2. The molecule has 0 fully saturated rings. The normalized spacial score (nSPS) is 18.8. The zero-order valence-corrected chi connectivity index (χ0v) is 23.3. The number of carbonyl (C=O) groups is 1. The zero-order chi connectivity index (χ0) is 26.9. The van der Waals surface area contributed by atoms with E-state index in [2.05, 4.69) is 0 Å². The highest BCUT2D eigenvalue weighted by Gasteiger charge is 2.39. The fourth-order valence-electron chi connectivity index (χ4n) is 3.92. The van der Waals surface area contributed by atoms with Gasteiger partial charge in [0.2, 0.25) is 0 Å². The van der Waals surface area contributed by atoms with Gasteiger partial charge in [-0.3, -0.25) is 0 Å². The Morgan fingerprint density at radius 3 is 2.39 bits per heavy atom. The van der Waals surface area contributed by atoms with Gasteiger partial charge in [-0.2, -0.15) is 8.42 Å². The average Bonchev–Trinajstić information content (AvgIpc) is 2.76. The standard InChI is InChI=1S/C27H35NO6S2/c1-7-36(31,32)34-22-15-20(26(3,4)5)23(14-17(22)2)35-24-21(29)16-27(6,33-25(24)30)13-12-18-8-10-19(28)11-9-18/h8-11,14-15,29H,7,12-13,16,28H2,1-6H3. The molecule has 2 aromatic rings. The van der Waals surface area contributed by atoms with Gasteiger partial charge in [-0.05, 0) is 80.0 Å². The van der Waals surface area contributed by atoms with Crippen LogP contribution in [0.5, 0.6) is 5.75 Å². The van der Waals surface area contributed by atoms with Crippen LogP contribution in [-0.2, 0) is 31.5 Å². The number of rotatable bonds is 8. The zero-order valence-electron chi connectivity index (χ0n) is 21.7. The summed E-state index contributed by atoms with van der Waals surface area (Å²) in [6.45, 7) is 11.1. The predicted octanol–water partition coefficient (Wildman–Crippen LogP) is 5.80. The summed E-state index contributed by atoms with van der Waals surface area (Å²) < 4.78 is 35.2. The number of nitrogens with two attached hydrogens (primary N) is 1. The van der Waals surface area contributed by atoms with Crippen LogP contribution in [0.15, 0.2) is 52.0 Å². The van der Waals surface area contributed by atoms with Gasteiger partial charge in [0.25, 0.3) is 0 Å². The number of aliphatic hydroxyl groups excluding tert-OH is 1. The van der Waals surface area contributed by atoms with Crippen LogP contribution >= 0.6 is 11.8 Å². The molecular weight excluding hydrogens is 498 g/mol. The second-order valence-electron chi connectivity index (χ2n) is 10.4. The molecule has 0 saturated heterocycles. The minimum atomic E-state index is -3.69. The van der Waals surface area contributed by atoms with Gasteiger partial charge in [-0.25, -0.2) is 4.79 Å². The van der Waals surface area contributed by atoms with E-state index in [1.165, 1.54) is 6.92 Å². The largest absolute Gasteiger partial charge is 0.511 e. The van der Waals surface area contributed by atoms with Crippen molar-refractivity contribution >= 4 is 33.5 Å². The second kappa shape index (κ2) is 10.4. The highest BCUT2D eigenvalue weighted by molar-refractivity contribution is 8.04. The lowest BCUT2D eigenvalue weighted by Gasteiger charge is -2.34. The molecular formula is C27H35NO6S2. The van der Waals surface area contributed by atoms with Gasteiger partial charge in [0.15, 0.2) is 0 Å². The molecule has 0 aromatic heterocycles. The molecule has 1 heterocycles. The molecule has 3 N–H and O–H groups in total. The number of thioether (sulfide) groups is 1. The number of cyclic esters (lactones) is 1. The molecule has 1 atom stereocenters. The number of hydrogen-bond donors (Lipinski definition) is 2. The number of ether oxygens (including phenoxy) is 1. The van der Waals surface area contributed by atoms with Crippen LogP contribution in [0.1, 0.15) is 64.2 Å². The summed E-state index contributed by atoms with van der Waals surface area (Å²) in [5, 5.41) is 10.9. The van der Waals surface area contributed by atoms with Gasteiger partial charge in [0.05, 0.1) is 5.75 Å². The lowest BCUT2D eigenvalue weighted by atomic mass is 9.86. The monoisotopic (exact) mass is 533 g/mol. The van der Waals surface area contributed by atoms with Crippen LogP contribution in [-0.4, -0.2) is 30.8 Å². The number of hydrogen-bond acceptors (Lipinski definition) is 8. The third-order valence-corrected chi connectivity index (χ3v) is 8.42. The van der Waals surface area contributed by atoms with Crippen molar-refractivity contribution in [1.82, 2.24) is 0 Å². The number of nitrogen functional groups attached to an aromatic ring is 1. The Morgan fingerprint density at radius 2 is 1.83 bits per heavy atom. The molecule has 7 nitrogen and oxygen atoms in total. The SMILES string of the molecule is CCS(=O)(=O)Oc1cc(C(C)(C)C)c(SC2=C(O)CC(C)(CCc3ccc(N)cc3)OC2=O)cc1C. The van der Waals surface area contributed by atoms with E-state index in [1.807, 2.05) is 52.0 Å². The number of carbonyl (C=O) groups excluding carboxylic acids is 1. The summed E-state index contributed by atoms with van der Waals surface area (Å²) in [7, 11) is -3.69. The molecule has 0 aliphatic carbocycles. The Morgan fingerprint density at radius 1 is 1.19 bits per heavy atom. The second-order valence-corrected chi connectivity index (χ2v) is 13.3. The molecule has 2 aromatic carbocycles. The van der Waals surface area contributed by atoms with E-state index in [4.69, 9.17) is 14.7 Å². The number of esters is 1. The maximum atomic E-state index is 13.0. The molecule has 36 heavy (non-hydrogen) atoms. The van der Waals surface area contributed by atoms with Gasteiger partial charge in [0, 0.05) is 17.0 Å². The third-order valence-electron chi connectivity index (χ3n) is 6.12. The third kappa shape index (κ3) is 6.76. The van der Waals surface area contributed by atoms with Crippen molar-refractivity contribution in [2.45, 2.75) is 76.7 Å². The molecule has 196 valence electrons. The van der Waals surface area contributed by atoms with Gasteiger partial charge >= 0.3 is 16.1 Å². The molecule has 0 bridgehead atoms. The van der Waals surface area contributed by atoms with Crippen LogP contribution in [0.2, 0.25) is 0 Å². The summed E-state index contributed by atoms with van der Waals surface area (Å²) in [4.78, 5) is 13.9. The molecule has 9 heteroatoms. The van der Waals surface area contributed by atoms with Gasteiger partial charge < -0.3 is 19.8 Å². The fraction of sp³-hybridized carbons (Fsp3) is 0.444. The summed E-state index contributed by atoms with van der Waals surface area (Å²) in [6.07, 6.45) is 1.43. The first-order valence-electron chi connectivity index (χ1n) is 11.9. The van der Waals surface area contributed by atoms with Crippen molar-refractivity contribution in [3.63, 3.8) is 0 Å². The molecule has 3 rings (SSSR count). The predicted molar refractivity (Wildman–Crippen MR) is 144 cm³/mol. The Kier molecular flexibility index (Phi) is 8.05. The Bertz CT molecular complexity index is 1280. The smallest absolute Gasteiger partial charge is 0.348 e. The molecule has 1 aliphatic rings. The van der Waals surface area contributed by atoms with Gasteiger partial charge in [-0.1, -0.05) is 44.7 Å². The van der Waals surface area contributed by atoms with Gasteiger partial charge in [0.1, 0.15) is 22.0 Å². The van der Waals surface area contributed by atoms with Gasteiger partial charge in [-0.15, -0.1) is 0 Å². The van der Waals surface area contributed by atoms with Crippen molar-refractivity contribution < 1.29 is 27.2 Å². The number of aryl methyl sites for hydroxylation is 2. The molecule has 1 unspecified atom stereocenters. The fourth-order valence-corrected chi connectivity index (χ4v) is 5.74. The van der Waals surface area contributed by atoms with Crippen LogP contribution in [0, 0.1) is 6.92 Å². The number of anilines is 1. The number of aliphatic hydroxyl groups is 1. The van der Waals surface area contributed by atoms with Crippen molar-refractivity contribution in [2.75, 3.05) is 11.5 Å². The Balaban J connectivity index is 1.87. The van der Waals surface area contributed by atoms with Crippen LogP contribution in [0.4, 0.5) is 5.69 Å². The van der Waals surface area contributed by atoms with E-state index in [-0.39, 0.29) is 34.0 Å². The summed E-state index contributed by atoms with van der Waals surface area (Å²) >= 11 is 1.13. The quantitative estimate of drug-likeness (QED) is 0.248. The topological polar surface area (TPSA) is 116 Å². The van der Waals surface area contributed by atoms with Crippen molar-refractivity contribution in [2.24, 2.45) is 0 Å². The van der Waals surface area contributed by atoms with Crippen LogP contribution in [0.3, 0.4) is 0 Å². The molecule has 1 aliphatic heterocycles. The van der Waals surface area contributed by atoms with E-state index >= 15 is 0 Å². The van der Waals surface area contributed by atoms with E-state index in [9.17, 15) is 18.3 Å². The first-order valence-corrected chi connectivity index (χ1v) is 14.3. The Hall–Kier alpha value is -2.65. The van der Waals surface area contributed by atoms with E-state index < -0.39 is 21.7 Å². The van der Waals surface area contributed by atoms with E-state index in [1.54, 1.807) is 19.1 Å². The van der Waals surface area contributed by atoms with Crippen LogP contribution < -0.4 is 9.92 Å². The maximum absolute atomic E-state index is 13.0. The highest BCUT2D eigenvalue weighted by Crippen LogP contribution is 2.44. The van der Waals surface area contributed by atoms with Crippen molar-refractivity contribution in [1.29, 1.82) is 0 Å². The Labute approximate surface area is 218 Å². The van der Waals surface area contributed by atoms with E-state index in [0.29, 0.717) is 24.1 Å².